The average Bonchev–Trinajstić information content (AvgIpc) is 2.54. The Morgan fingerprint density at radius 2 is 1.96 bits per heavy atom. The van der Waals surface area contributed by atoms with Crippen molar-refractivity contribution in [3.8, 4) is 0 Å². The Kier molecular flexibility index (Phi) is 9.91. The summed E-state index contributed by atoms with van der Waals surface area (Å²) in [4.78, 5) is 27.6. The molecule has 1 fully saturated rings. The number of carbonyl (C=O) groups excluding carboxylic acids is 2. The Bertz CT molecular complexity index is 661. The van der Waals surface area contributed by atoms with E-state index >= 15 is 0 Å². The van der Waals surface area contributed by atoms with Crippen molar-refractivity contribution in [3.63, 3.8) is 0 Å². The first-order valence-corrected chi connectivity index (χ1v) is 10.7. The fraction of sp³-hybridized carbons (Fsp3) is 0.600. The fourth-order valence-corrected chi connectivity index (χ4v) is 3.45. The topological polar surface area (TPSA) is 52.6 Å². The maximum absolute atomic E-state index is 12.2. The molecular weight excluding hydrogens is 627 g/mol. The van der Waals surface area contributed by atoms with Gasteiger partial charge in [0.15, 0.2) is 0 Å². The number of hydrogen-bond donors (Lipinski definition) is 1. The van der Waals surface area contributed by atoms with Gasteiger partial charge in [-0.3, -0.25) is 10.1 Å². The first kappa shape index (κ1) is 24.6. The van der Waals surface area contributed by atoms with Gasteiger partial charge in [-0.25, -0.2) is 4.79 Å². The molecule has 151 valence electrons. The van der Waals surface area contributed by atoms with Crippen LogP contribution in [0.1, 0.15) is 51.2 Å². The van der Waals surface area contributed by atoms with Gasteiger partial charge in [0.05, 0.1) is 0 Å². The third kappa shape index (κ3) is 7.45. The molecule has 5 nitrogen and oxygen atoms in total. The maximum Gasteiger partial charge on any atom is 0.326 e. The SMILES string of the molecule is CN(CCCCI)Cc1[c-]c(C(C)(C)C)cc(N2CCC(=O)NC2=O)c1.[Re]. The molecule has 2 rings (SSSR count). The van der Waals surface area contributed by atoms with E-state index in [0.717, 1.165) is 29.9 Å². The summed E-state index contributed by atoms with van der Waals surface area (Å²) < 4.78 is 1.18. The summed E-state index contributed by atoms with van der Waals surface area (Å²) in [5.74, 6) is -0.208. The van der Waals surface area contributed by atoms with Crippen LogP contribution in [0.15, 0.2) is 12.1 Å². The molecule has 1 aliphatic heterocycles. The number of carbonyl (C=O) groups is 2. The number of amides is 3. The van der Waals surface area contributed by atoms with E-state index in [1.165, 1.54) is 17.3 Å². The minimum atomic E-state index is -0.339. The number of halogens is 1. The monoisotopic (exact) mass is 657 g/mol. The molecule has 1 heterocycles. The molecule has 0 spiro atoms. The summed E-state index contributed by atoms with van der Waals surface area (Å²) in [6, 6.07) is 7.25. The number of anilines is 1. The van der Waals surface area contributed by atoms with Gasteiger partial charge in [0.2, 0.25) is 5.91 Å². The molecule has 0 aromatic heterocycles. The zero-order chi connectivity index (χ0) is 19.3. The Labute approximate surface area is 190 Å². The van der Waals surface area contributed by atoms with Crippen LogP contribution in [0.25, 0.3) is 0 Å². The summed E-state index contributed by atoms with van der Waals surface area (Å²) in [6.07, 6.45) is 2.74. The van der Waals surface area contributed by atoms with Crippen LogP contribution < -0.4 is 10.2 Å². The van der Waals surface area contributed by atoms with Crippen LogP contribution in [0.2, 0.25) is 0 Å². The van der Waals surface area contributed by atoms with Crippen LogP contribution in [-0.4, -0.2) is 41.4 Å². The van der Waals surface area contributed by atoms with Crippen molar-refractivity contribution in [3.05, 3.63) is 29.3 Å². The fourth-order valence-electron chi connectivity index (χ4n) is 2.91. The van der Waals surface area contributed by atoms with Crippen LogP contribution in [0.5, 0.6) is 0 Å². The number of nitrogens with zero attached hydrogens (tertiary/aromatic N) is 2. The summed E-state index contributed by atoms with van der Waals surface area (Å²) in [7, 11) is 2.12. The molecule has 7 heteroatoms. The third-order valence-corrected chi connectivity index (χ3v) is 5.21. The van der Waals surface area contributed by atoms with Gasteiger partial charge in [-0.1, -0.05) is 49.0 Å². The summed E-state index contributed by atoms with van der Waals surface area (Å²) >= 11 is 2.41. The van der Waals surface area contributed by atoms with Crippen LogP contribution in [-0.2, 0) is 37.2 Å². The van der Waals surface area contributed by atoms with Crippen LogP contribution in [0, 0.1) is 6.07 Å². The summed E-state index contributed by atoms with van der Waals surface area (Å²) in [5, 5.41) is 2.41. The molecule has 0 bridgehead atoms. The molecule has 1 aromatic carbocycles. The quantitative estimate of drug-likeness (QED) is 0.210. The van der Waals surface area contributed by atoms with E-state index in [9.17, 15) is 9.59 Å². The third-order valence-electron chi connectivity index (χ3n) is 4.45. The first-order chi connectivity index (χ1) is 12.2. The van der Waals surface area contributed by atoms with Gasteiger partial charge < -0.3 is 9.80 Å². The molecule has 1 radical (unpaired) electrons. The zero-order valence-electron chi connectivity index (χ0n) is 16.6. The minimum Gasteiger partial charge on any atom is -0.317 e. The van der Waals surface area contributed by atoms with E-state index in [1.54, 1.807) is 4.90 Å². The molecule has 1 saturated heterocycles. The minimum absolute atomic E-state index is 0. The van der Waals surface area contributed by atoms with E-state index in [4.69, 9.17) is 0 Å². The van der Waals surface area contributed by atoms with Gasteiger partial charge in [-0.2, -0.15) is 11.6 Å². The Balaban J connectivity index is 0.00000364. The van der Waals surface area contributed by atoms with Gasteiger partial charge in [-0.05, 0) is 36.3 Å². The number of hydrogen-bond acceptors (Lipinski definition) is 3. The predicted molar refractivity (Wildman–Crippen MR) is 114 cm³/mol. The van der Waals surface area contributed by atoms with Crippen molar-refractivity contribution in [1.29, 1.82) is 0 Å². The van der Waals surface area contributed by atoms with Crippen molar-refractivity contribution in [1.82, 2.24) is 10.2 Å². The van der Waals surface area contributed by atoms with E-state index in [0.29, 0.717) is 13.0 Å². The summed E-state index contributed by atoms with van der Waals surface area (Å²) in [5.41, 5.74) is 2.94. The van der Waals surface area contributed by atoms with E-state index in [2.05, 4.69) is 66.7 Å². The molecule has 0 aliphatic carbocycles. The molecule has 3 amide bonds. The average molecular weight is 657 g/mol. The van der Waals surface area contributed by atoms with Gasteiger partial charge in [0, 0.05) is 39.9 Å². The molecular formula is C20H29IN3O2Re-. The van der Waals surface area contributed by atoms with Crippen molar-refractivity contribution < 1.29 is 30.0 Å². The van der Waals surface area contributed by atoms with Crippen LogP contribution >= 0.6 is 22.6 Å². The number of urea groups is 1. The van der Waals surface area contributed by atoms with Crippen molar-refractivity contribution in [2.45, 2.75) is 52.0 Å². The van der Waals surface area contributed by atoms with E-state index < -0.39 is 0 Å². The van der Waals surface area contributed by atoms with Crippen LogP contribution in [0.4, 0.5) is 10.5 Å². The predicted octanol–water partition coefficient (Wildman–Crippen LogP) is 3.88. The van der Waals surface area contributed by atoms with E-state index in [-0.39, 0.29) is 37.8 Å². The normalized spacial score (nSPS) is 15.0. The van der Waals surface area contributed by atoms with Crippen molar-refractivity contribution in [2.75, 3.05) is 29.5 Å². The Morgan fingerprint density at radius 3 is 2.56 bits per heavy atom. The van der Waals surface area contributed by atoms with Crippen molar-refractivity contribution in [2.24, 2.45) is 0 Å². The maximum atomic E-state index is 12.2. The van der Waals surface area contributed by atoms with E-state index in [1.807, 2.05) is 12.1 Å². The summed E-state index contributed by atoms with van der Waals surface area (Å²) in [6.45, 7) is 8.71. The Morgan fingerprint density at radius 1 is 1.26 bits per heavy atom. The largest absolute Gasteiger partial charge is 0.326 e. The van der Waals surface area contributed by atoms with Gasteiger partial charge >= 0.3 is 6.03 Å². The molecule has 1 aliphatic rings. The van der Waals surface area contributed by atoms with Gasteiger partial charge in [0.25, 0.3) is 0 Å². The van der Waals surface area contributed by atoms with Gasteiger partial charge in [0.1, 0.15) is 0 Å². The standard InChI is InChI=1S/C20H29IN3O2.Re/c1-20(2,3)16-11-15(14-23(4)9-6-5-8-21)12-17(13-16)24-10-7-18(25)22-19(24)26;/h12-13H,5-10,14H2,1-4H3,(H,22,25,26);/q-1;. The molecule has 1 aromatic rings. The second-order valence-corrected chi connectivity index (χ2v) is 9.00. The number of unbranched alkanes of at least 4 members (excludes halogenated alkanes) is 1. The smallest absolute Gasteiger partial charge is 0.317 e. The molecule has 0 saturated carbocycles. The van der Waals surface area contributed by atoms with Crippen LogP contribution in [0.3, 0.4) is 0 Å². The molecule has 27 heavy (non-hydrogen) atoms. The number of rotatable bonds is 7. The van der Waals surface area contributed by atoms with Gasteiger partial charge in [-0.15, -0.1) is 17.7 Å². The second-order valence-electron chi connectivity index (χ2n) is 7.92. The number of imide groups is 1. The van der Waals surface area contributed by atoms with Crippen molar-refractivity contribution >= 4 is 40.2 Å². The second kappa shape index (κ2) is 10.9. The molecule has 0 unspecified atom stereocenters. The zero-order valence-corrected chi connectivity index (χ0v) is 21.4. The number of nitrogens with one attached hydrogen (secondary N) is 1. The number of benzene rings is 1. The number of alkyl halides is 1. The molecule has 0 atom stereocenters. The Hall–Kier alpha value is -0.488. The first-order valence-electron chi connectivity index (χ1n) is 9.13. The molecule has 1 N–H and O–H groups in total.